The fourth-order valence-corrected chi connectivity index (χ4v) is 4.43. The van der Waals surface area contributed by atoms with E-state index in [4.69, 9.17) is 14.2 Å². The van der Waals surface area contributed by atoms with Crippen LogP contribution >= 0.6 is 0 Å². The number of aromatic nitrogens is 5. The number of H-pyrrole nitrogens is 1. The first-order valence-corrected chi connectivity index (χ1v) is 10.9. The second kappa shape index (κ2) is 8.50. The van der Waals surface area contributed by atoms with E-state index in [1.165, 1.54) is 12.1 Å². The number of hydrogen-bond acceptors (Lipinski definition) is 8. The van der Waals surface area contributed by atoms with Gasteiger partial charge in [0.1, 0.15) is 11.9 Å². The molecule has 2 aliphatic heterocycles. The van der Waals surface area contributed by atoms with Gasteiger partial charge in [-0.2, -0.15) is 0 Å². The van der Waals surface area contributed by atoms with Crippen LogP contribution in [-0.4, -0.2) is 63.2 Å². The summed E-state index contributed by atoms with van der Waals surface area (Å²) in [5.41, 5.74) is 1.78. The molecule has 0 unspecified atom stereocenters. The molecule has 1 fully saturated rings. The van der Waals surface area contributed by atoms with Gasteiger partial charge in [-0.3, -0.25) is 9.69 Å². The molecule has 174 valence electrons. The number of tetrazole rings is 1. The van der Waals surface area contributed by atoms with Crippen molar-refractivity contribution in [3.8, 4) is 11.5 Å². The van der Waals surface area contributed by atoms with Crippen molar-refractivity contribution in [1.82, 2.24) is 30.1 Å². The summed E-state index contributed by atoms with van der Waals surface area (Å²) >= 11 is 0. The van der Waals surface area contributed by atoms with E-state index in [-0.39, 0.29) is 18.2 Å². The first-order valence-electron chi connectivity index (χ1n) is 10.9. The lowest BCUT2D eigenvalue weighted by molar-refractivity contribution is 0.0214. The predicted octanol–water partition coefficient (Wildman–Crippen LogP) is 1.85. The zero-order chi connectivity index (χ0) is 23.1. The van der Waals surface area contributed by atoms with Crippen molar-refractivity contribution in [3.05, 3.63) is 75.6 Å². The summed E-state index contributed by atoms with van der Waals surface area (Å²) in [6.07, 6.45) is 0. The molecule has 0 bridgehead atoms. The number of morpholine rings is 1. The average molecular weight is 464 g/mol. The summed E-state index contributed by atoms with van der Waals surface area (Å²) in [5, 5.41) is 13.2. The lowest BCUT2D eigenvalue weighted by atomic mass is 10.0. The van der Waals surface area contributed by atoms with Crippen LogP contribution in [0, 0.1) is 5.82 Å². The second-order valence-corrected chi connectivity index (χ2v) is 8.22. The summed E-state index contributed by atoms with van der Waals surface area (Å²) < 4.78 is 31.5. The summed E-state index contributed by atoms with van der Waals surface area (Å²) in [5.74, 6) is 1.45. The maximum absolute atomic E-state index is 13.4. The van der Waals surface area contributed by atoms with Crippen molar-refractivity contribution >= 4 is 10.9 Å². The van der Waals surface area contributed by atoms with E-state index in [2.05, 4.69) is 25.4 Å². The van der Waals surface area contributed by atoms with Crippen molar-refractivity contribution in [2.75, 3.05) is 33.1 Å². The molecule has 10 nitrogen and oxygen atoms in total. The molecule has 34 heavy (non-hydrogen) atoms. The number of nitrogens with zero attached hydrogens (tertiary/aromatic N) is 5. The Morgan fingerprint density at radius 2 is 1.82 bits per heavy atom. The summed E-state index contributed by atoms with van der Waals surface area (Å²) in [7, 11) is 0. The van der Waals surface area contributed by atoms with E-state index in [1.807, 2.05) is 12.1 Å². The highest BCUT2D eigenvalue weighted by Crippen LogP contribution is 2.36. The Hall–Kier alpha value is -3.83. The third kappa shape index (κ3) is 3.78. The Morgan fingerprint density at radius 1 is 1.06 bits per heavy atom. The lowest BCUT2D eigenvalue weighted by Gasteiger charge is -2.33. The fraction of sp³-hybridized carbons (Fsp3) is 0.304. The molecule has 6 rings (SSSR count). The lowest BCUT2D eigenvalue weighted by Crippen LogP contribution is -2.42. The van der Waals surface area contributed by atoms with Gasteiger partial charge in [0, 0.05) is 30.1 Å². The Labute approximate surface area is 192 Å². The van der Waals surface area contributed by atoms with Gasteiger partial charge in [0.25, 0.3) is 5.56 Å². The molecule has 0 aliphatic carbocycles. The Bertz CT molecular complexity index is 1400. The minimum Gasteiger partial charge on any atom is -0.454 e. The second-order valence-electron chi connectivity index (χ2n) is 8.22. The zero-order valence-electron chi connectivity index (χ0n) is 18.1. The van der Waals surface area contributed by atoms with Gasteiger partial charge < -0.3 is 19.2 Å². The molecule has 0 spiro atoms. The summed E-state index contributed by atoms with van der Waals surface area (Å²) in [6.45, 7) is 2.81. The van der Waals surface area contributed by atoms with Gasteiger partial charge in [0.15, 0.2) is 17.3 Å². The molecule has 2 aromatic heterocycles. The number of fused-ring (bicyclic) bond motifs is 2. The maximum Gasteiger partial charge on any atom is 0.253 e. The standard InChI is InChI=1S/C23H21FN6O4/c24-16-3-1-14(2-4-16)12-30-22(26-27-28-30)21(29-5-7-32-8-6-29)17-9-15-10-19-20(34-13-33-19)11-18(15)25-23(17)31/h1-4,9-11,21H,5-8,12-13H2,(H,25,31)/t21-/m1/s1. The number of hydrogen-bond donors (Lipinski definition) is 1. The molecule has 4 aromatic rings. The molecule has 2 aromatic carbocycles. The predicted molar refractivity (Wildman–Crippen MR) is 118 cm³/mol. The molecule has 2 aliphatic rings. The molecule has 0 radical (unpaired) electrons. The summed E-state index contributed by atoms with van der Waals surface area (Å²) in [4.78, 5) is 18.4. The van der Waals surface area contributed by atoms with E-state index < -0.39 is 6.04 Å². The highest BCUT2D eigenvalue weighted by atomic mass is 19.1. The Kier molecular flexibility index (Phi) is 5.19. The number of nitrogens with one attached hydrogen (secondary N) is 1. The SMILES string of the molecule is O=c1[nH]c2cc3c(cc2cc1[C@H](c1nnnn1Cc1ccc(F)cc1)N1CCOCC1)OCO3. The Balaban J connectivity index is 1.45. The van der Waals surface area contributed by atoms with Crippen LogP contribution in [0.4, 0.5) is 4.39 Å². The highest BCUT2D eigenvalue weighted by Gasteiger charge is 2.32. The molecule has 1 atom stereocenters. The van der Waals surface area contributed by atoms with Crippen LogP contribution in [0.2, 0.25) is 0 Å². The van der Waals surface area contributed by atoms with Gasteiger partial charge in [-0.25, -0.2) is 9.07 Å². The number of ether oxygens (including phenoxy) is 3. The molecule has 4 heterocycles. The molecular formula is C23H21FN6O4. The number of halogens is 1. The molecule has 0 amide bonds. The quantitative estimate of drug-likeness (QED) is 0.477. The van der Waals surface area contributed by atoms with E-state index in [0.717, 1.165) is 10.9 Å². The van der Waals surface area contributed by atoms with E-state index in [0.29, 0.717) is 61.3 Å². The first-order chi connectivity index (χ1) is 16.7. The van der Waals surface area contributed by atoms with Gasteiger partial charge in [0.05, 0.1) is 25.3 Å². The van der Waals surface area contributed by atoms with Crippen LogP contribution in [0.5, 0.6) is 11.5 Å². The van der Waals surface area contributed by atoms with E-state index >= 15 is 0 Å². The fourth-order valence-electron chi connectivity index (χ4n) is 4.43. The molecule has 0 saturated carbocycles. The molecule has 1 N–H and O–H groups in total. The number of aromatic amines is 1. The number of pyridine rings is 1. The van der Waals surface area contributed by atoms with E-state index in [9.17, 15) is 9.18 Å². The van der Waals surface area contributed by atoms with Gasteiger partial charge in [-0.15, -0.1) is 5.10 Å². The third-order valence-corrected chi connectivity index (χ3v) is 6.12. The normalized spacial score (nSPS) is 16.7. The van der Waals surface area contributed by atoms with Crippen molar-refractivity contribution in [3.63, 3.8) is 0 Å². The smallest absolute Gasteiger partial charge is 0.253 e. The van der Waals surface area contributed by atoms with Crippen LogP contribution in [0.1, 0.15) is 23.0 Å². The molecule has 1 saturated heterocycles. The van der Waals surface area contributed by atoms with Crippen LogP contribution in [-0.2, 0) is 11.3 Å². The third-order valence-electron chi connectivity index (χ3n) is 6.12. The summed E-state index contributed by atoms with van der Waals surface area (Å²) in [6, 6.07) is 11.2. The van der Waals surface area contributed by atoms with Crippen LogP contribution < -0.4 is 15.0 Å². The molecule has 11 heteroatoms. The van der Waals surface area contributed by atoms with Crippen molar-refractivity contribution in [2.24, 2.45) is 0 Å². The van der Waals surface area contributed by atoms with E-state index in [1.54, 1.807) is 22.9 Å². The topological polar surface area (TPSA) is 107 Å². The van der Waals surface area contributed by atoms with Crippen LogP contribution in [0.25, 0.3) is 10.9 Å². The van der Waals surface area contributed by atoms with Crippen molar-refractivity contribution in [1.29, 1.82) is 0 Å². The molecular weight excluding hydrogens is 443 g/mol. The van der Waals surface area contributed by atoms with Crippen molar-refractivity contribution in [2.45, 2.75) is 12.6 Å². The zero-order valence-corrected chi connectivity index (χ0v) is 18.1. The average Bonchev–Trinajstić information content (AvgIpc) is 3.50. The van der Waals surface area contributed by atoms with Gasteiger partial charge in [-0.05, 0) is 40.3 Å². The Morgan fingerprint density at radius 3 is 2.62 bits per heavy atom. The minimum atomic E-state index is -0.502. The van der Waals surface area contributed by atoms with Crippen LogP contribution in [0.15, 0.2) is 47.3 Å². The first kappa shape index (κ1) is 20.8. The van der Waals surface area contributed by atoms with Crippen LogP contribution in [0.3, 0.4) is 0 Å². The van der Waals surface area contributed by atoms with Crippen molar-refractivity contribution < 1.29 is 18.6 Å². The maximum atomic E-state index is 13.4. The van der Waals surface area contributed by atoms with Gasteiger partial charge in [0.2, 0.25) is 6.79 Å². The highest BCUT2D eigenvalue weighted by molar-refractivity contribution is 5.83. The monoisotopic (exact) mass is 464 g/mol. The largest absolute Gasteiger partial charge is 0.454 e. The minimum absolute atomic E-state index is 0.150. The number of rotatable bonds is 5. The number of benzene rings is 2. The van der Waals surface area contributed by atoms with Gasteiger partial charge >= 0.3 is 0 Å². The van der Waals surface area contributed by atoms with Gasteiger partial charge in [-0.1, -0.05) is 12.1 Å².